The Morgan fingerprint density at radius 2 is 1.61 bits per heavy atom. The van der Waals surface area contributed by atoms with Crippen molar-refractivity contribution in [2.24, 2.45) is 0 Å². The van der Waals surface area contributed by atoms with Gasteiger partial charge in [0.2, 0.25) is 17.8 Å². The smallest absolute Gasteiger partial charge is 0.296 e. The van der Waals surface area contributed by atoms with Crippen LogP contribution in [0.15, 0.2) is 42.6 Å². The van der Waals surface area contributed by atoms with E-state index in [2.05, 4.69) is 47.1 Å². The van der Waals surface area contributed by atoms with Crippen LogP contribution in [-0.4, -0.2) is 93.9 Å². The standard InChI is InChI=1S/C25H28F2N10O/c1-34-8-10-35(11-9-34)20-7-6-17(16-28-20)29-23-31-24(36-12-14-38-15-13-36)33-25(32-23)37-19-5-3-2-4-18(19)30-22(37)21(26)27/h2-7,16,21H,8-15H2,1H3,(H,29,31,32,33). The molecule has 0 saturated carbocycles. The summed E-state index contributed by atoms with van der Waals surface area (Å²) < 4.78 is 34.9. The number of hydrogen-bond acceptors (Lipinski definition) is 10. The summed E-state index contributed by atoms with van der Waals surface area (Å²) in [6.45, 7) is 6.03. The molecule has 0 aliphatic carbocycles. The summed E-state index contributed by atoms with van der Waals surface area (Å²) in [6, 6.07) is 10.8. The SMILES string of the molecule is CN1CCN(c2ccc(Nc3nc(N4CCOCC4)nc(-n4c(C(F)F)nc5ccccc54)n3)cn2)CC1. The summed E-state index contributed by atoms with van der Waals surface area (Å²) in [5.74, 6) is 1.15. The number of aromatic nitrogens is 6. The fourth-order valence-corrected chi connectivity index (χ4v) is 4.63. The zero-order chi connectivity index (χ0) is 26.1. The van der Waals surface area contributed by atoms with Crippen molar-refractivity contribution >= 4 is 34.4 Å². The molecule has 198 valence electrons. The van der Waals surface area contributed by atoms with Gasteiger partial charge in [0.15, 0.2) is 5.82 Å². The number of benzene rings is 1. The van der Waals surface area contributed by atoms with Crippen molar-refractivity contribution in [2.75, 3.05) is 74.6 Å². The van der Waals surface area contributed by atoms with Gasteiger partial charge in [0, 0.05) is 39.3 Å². The van der Waals surface area contributed by atoms with E-state index in [0.29, 0.717) is 49.0 Å². The number of nitrogens with one attached hydrogen (secondary N) is 1. The van der Waals surface area contributed by atoms with Gasteiger partial charge in [0.25, 0.3) is 6.43 Å². The first-order valence-electron chi connectivity index (χ1n) is 12.6. The first-order chi connectivity index (χ1) is 18.5. The van der Waals surface area contributed by atoms with E-state index >= 15 is 0 Å². The van der Waals surface area contributed by atoms with Crippen LogP contribution < -0.4 is 15.1 Å². The van der Waals surface area contributed by atoms with Crippen LogP contribution in [-0.2, 0) is 4.74 Å². The molecule has 0 spiro atoms. The Bertz CT molecular complexity index is 1400. The molecule has 13 heteroatoms. The molecular formula is C25H28F2N10O. The Kier molecular flexibility index (Phi) is 6.68. The van der Waals surface area contributed by atoms with Gasteiger partial charge in [-0.1, -0.05) is 12.1 Å². The highest BCUT2D eigenvalue weighted by Crippen LogP contribution is 2.28. The highest BCUT2D eigenvalue weighted by Gasteiger charge is 2.24. The van der Waals surface area contributed by atoms with Gasteiger partial charge in [0.05, 0.1) is 36.1 Å². The first kappa shape index (κ1) is 24.4. The van der Waals surface area contributed by atoms with Gasteiger partial charge >= 0.3 is 0 Å². The average Bonchev–Trinajstić information content (AvgIpc) is 3.35. The third-order valence-electron chi connectivity index (χ3n) is 6.72. The second kappa shape index (κ2) is 10.4. The summed E-state index contributed by atoms with van der Waals surface area (Å²) in [5, 5.41) is 3.19. The Hall–Kier alpha value is -3.97. The number of nitrogens with zero attached hydrogens (tertiary/aromatic N) is 9. The number of para-hydroxylation sites is 2. The lowest BCUT2D eigenvalue weighted by atomic mass is 10.3. The zero-order valence-corrected chi connectivity index (χ0v) is 21.0. The minimum atomic E-state index is -2.81. The molecule has 2 saturated heterocycles. The minimum absolute atomic E-state index is 0.0648. The van der Waals surface area contributed by atoms with Crippen molar-refractivity contribution in [2.45, 2.75) is 6.43 Å². The van der Waals surface area contributed by atoms with Crippen molar-refractivity contribution in [3.63, 3.8) is 0 Å². The second-order valence-corrected chi connectivity index (χ2v) is 9.27. The second-order valence-electron chi connectivity index (χ2n) is 9.27. The molecule has 2 aliphatic rings. The maximum atomic E-state index is 14.1. The number of morpholine rings is 1. The molecule has 0 unspecified atom stereocenters. The maximum Gasteiger partial charge on any atom is 0.296 e. The zero-order valence-electron chi connectivity index (χ0n) is 21.0. The number of halogens is 2. The van der Waals surface area contributed by atoms with Gasteiger partial charge in [-0.25, -0.2) is 18.7 Å². The predicted molar refractivity (Wildman–Crippen MR) is 140 cm³/mol. The Morgan fingerprint density at radius 1 is 0.842 bits per heavy atom. The maximum absolute atomic E-state index is 14.1. The lowest BCUT2D eigenvalue weighted by molar-refractivity contribution is 0.122. The van der Waals surface area contributed by atoms with Gasteiger partial charge in [-0.15, -0.1) is 0 Å². The van der Waals surface area contributed by atoms with Gasteiger partial charge in [-0.2, -0.15) is 15.0 Å². The number of imidazole rings is 1. The van der Waals surface area contributed by atoms with Gasteiger partial charge in [-0.3, -0.25) is 4.57 Å². The number of alkyl halides is 2. The number of rotatable bonds is 6. The van der Waals surface area contributed by atoms with Crippen LogP contribution in [0.1, 0.15) is 12.2 Å². The number of anilines is 4. The van der Waals surface area contributed by atoms with Crippen LogP contribution in [0.5, 0.6) is 0 Å². The molecule has 11 nitrogen and oxygen atoms in total. The van der Waals surface area contributed by atoms with Crippen molar-refractivity contribution in [3.05, 3.63) is 48.4 Å². The number of piperazine rings is 1. The van der Waals surface area contributed by atoms with Gasteiger partial charge in [-0.05, 0) is 31.3 Å². The van der Waals surface area contributed by atoms with Crippen molar-refractivity contribution in [1.29, 1.82) is 0 Å². The molecule has 1 N–H and O–H groups in total. The molecule has 0 atom stereocenters. The number of pyridine rings is 1. The van der Waals surface area contributed by atoms with Crippen LogP contribution in [0.25, 0.3) is 17.0 Å². The van der Waals surface area contributed by atoms with E-state index in [1.807, 2.05) is 17.0 Å². The van der Waals surface area contributed by atoms with E-state index in [0.717, 1.165) is 32.0 Å². The molecule has 0 bridgehead atoms. The quantitative estimate of drug-likeness (QED) is 0.407. The largest absolute Gasteiger partial charge is 0.378 e. The summed E-state index contributed by atoms with van der Waals surface area (Å²) in [6.07, 6.45) is -1.09. The van der Waals surface area contributed by atoms with E-state index in [1.165, 1.54) is 4.57 Å². The monoisotopic (exact) mass is 522 g/mol. The first-order valence-corrected chi connectivity index (χ1v) is 12.6. The fourth-order valence-electron chi connectivity index (χ4n) is 4.63. The van der Waals surface area contributed by atoms with Crippen molar-refractivity contribution in [1.82, 2.24) is 34.4 Å². The van der Waals surface area contributed by atoms with E-state index < -0.39 is 12.2 Å². The lowest BCUT2D eigenvalue weighted by Gasteiger charge is -2.33. The van der Waals surface area contributed by atoms with E-state index in [4.69, 9.17) is 4.74 Å². The van der Waals surface area contributed by atoms with E-state index in [9.17, 15) is 8.78 Å². The predicted octanol–water partition coefficient (Wildman–Crippen LogP) is 2.88. The molecule has 2 aliphatic heterocycles. The molecule has 38 heavy (non-hydrogen) atoms. The molecule has 6 rings (SSSR count). The molecule has 4 aromatic rings. The van der Waals surface area contributed by atoms with Crippen molar-refractivity contribution < 1.29 is 13.5 Å². The fraction of sp³-hybridized carbons (Fsp3) is 0.400. The molecule has 0 amide bonds. The van der Waals surface area contributed by atoms with Crippen molar-refractivity contribution in [3.8, 4) is 5.95 Å². The number of fused-ring (bicyclic) bond motifs is 1. The Balaban J connectivity index is 1.36. The van der Waals surface area contributed by atoms with Gasteiger partial charge in [0.1, 0.15) is 5.82 Å². The van der Waals surface area contributed by atoms with Gasteiger partial charge < -0.3 is 24.8 Å². The molecule has 0 radical (unpaired) electrons. The number of likely N-dealkylation sites (N-methyl/N-ethyl adjacent to an activating group) is 1. The summed E-state index contributed by atoms with van der Waals surface area (Å²) in [7, 11) is 2.11. The Morgan fingerprint density at radius 3 is 2.34 bits per heavy atom. The van der Waals surface area contributed by atoms with Crippen LogP contribution in [0.3, 0.4) is 0 Å². The van der Waals surface area contributed by atoms with Crippen LogP contribution in [0.2, 0.25) is 0 Å². The van der Waals surface area contributed by atoms with Crippen LogP contribution in [0.4, 0.5) is 32.2 Å². The number of ether oxygens (including phenoxy) is 1. The summed E-state index contributed by atoms with van der Waals surface area (Å²) in [5.41, 5.74) is 1.61. The topological polar surface area (TPSA) is 100 Å². The third-order valence-corrected chi connectivity index (χ3v) is 6.72. The number of hydrogen-bond donors (Lipinski definition) is 1. The average molecular weight is 523 g/mol. The van der Waals surface area contributed by atoms with E-state index in [-0.39, 0.29) is 11.9 Å². The minimum Gasteiger partial charge on any atom is -0.378 e. The molecule has 2 fully saturated rings. The molecule has 1 aromatic carbocycles. The molecule has 5 heterocycles. The summed E-state index contributed by atoms with van der Waals surface area (Å²) in [4.78, 5) is 29.0. The normalized spacial score (nSPS) is 16.9. The Labute approximate surface area is 218 Å². The molecule has 3 aromatic heterocycles. The lowest BCUT2D eigenvalue weighted by Crippen LogP contribution is -2.44. The molecular weight excluding hydrogens is 494 g/mol. The summed E-state index contributed by atoms with van der Waals surface area (Å²) >= 11 is 0. The van der Waals surface area contributed by atoms with Crippen LogP contribution in [0, 0.1) is 0 Å². The third kappa shape index (κ3) is 4.94. The highest BCUT2D eigenvalue weighted by molar-refractivity contribution is 5.77. The highest BCUT2D eigenvalue weighted by atomic mass is 19.3. The van der Waals surface area contributed by atoms with E-state index in [1.54, 1.807) is 30.5 Å². The van der Waals surface area contributed by atoms with Crippen LogP contribution >= 0.6 is 0 Å².